The minimum Gasteiger partial charge on any atom is -0.365 e. The lowest BCUT2D eigenvalue weighted by atomic mass is 10.1. The molecule has 0 spiro atoms. The van der Waals surface area contributed by atoms with Crippen LogP contribution in [-0.2, 0) is 0 Å². The van der Waals surface area contributed by atoms with Crippen molar-refractivity contribution in [2.75, 3.05) is 18.4 Å². The number of anilines is 1. The average Bonchev–Trinajstić information content (AvgIpc) is 2.94. The summed E-state index contributed by atoms with van der Waals surface area (Å²) in [5, 5.41) is 7.06. The first kappa shape index (κ1) is 14.7. The molecule has 1 fully saturated rings. The van der Waals surface area contributed by atoms with Gasteiger partial charge in [0.15, 0.2) is 0 Å². The summed E-state index contributed by atoms with van der Waals surface area (Å²) >= 11 is 1.70. The first-order valence-corrected chi connectivity index (χ1v) is 8.56. The molecule has 2 aromatic rings. The van der Waals surface area contributed by atoms with E-state index in [9.17, 15) is 0 Å². The highest BCUT2D eigenvalue weighted by Crippen LogP contribution is 2.31. The Hall–Kier alpha value is -1.20. The van der Waals surface area contributed by atoms with E-state index in [1.807, 2.05) is 6.92 Å². The number of fused-ring (bicyclic) bond motifs is 1. The Morgan fingerprint density at radius 1 is 1.29 bits per heavy atom. The summed E-state index contributed by atoms with van der Waals surface area (Å²) in [6, 6.07) is 1.07. The van der Waals surface area contributed by atoms with Crippen molar-refractivity contribution in [2.24, 2.45) is 5.92 Å². The normalized spacial score (nSPS) is 23.3. The molecule has 1 N–H and O–H groups in total. The smallest absolute Gasteiger partial charge is 0.139 e. The number of rotatable bonds is 3. The van der Waals surface area contributed by atoms with E-state index in [4.69, 9.17) is 0 Å². The highest BCUT2D eigenvalue weighted by Gasteiger charge is 2.31. The van der Waals surface area contributed by atoms with Gasteiger partial charge in [-0.05, 0) is 44.6 Å². The van der Waals surface area contributed by atoms with Crippen LogP contribution >= 0.6 is 11.3 Å². The van der Waals surface area contributed by atoms with E-state index in [1.165, 1.54) is 10.9 Å². The minimum absolute atomic E-state index is 0.462. The van der Waals surface area contributed by atoms with E-state index in [0.29, 0.717) is 18.0 Å². The van der Waals surface area contributed by atoms with Gasteiger partial charge in [-0.15, -0.1) is 11.3 Å². The van der Waals surface area contributed by atoms with E-state index in [-0.39, 0.29) is 0 Å². The second-order valence-corrected chi connectivity index (χ2v) is 7.35. The number of aromatic nitrogens is 2. The number of likely N-dealkylation sites (tertiary alicyclic amines) is 1. The summed E-state index contributed by atoms with van der Waals surface area (Å²) in [4.78, 5) is 12.8. The van der Waals surface area contributed by atoms with Gasteiger partial charge in [0.2, 0.25) is 0 Å². The molecule has 1 aliphatic rings. The van der Waals surface area contributed by atoms with Crippen molar-refractivity contribution in [3.63, 3.8) is 0 Å². The average molecular weight is 304 g/mol. The monoisotopic (exact) mass is 304 g/mol. The molecule has 1 saturated heterocycles. The van der Waals surface area contributed by atoms with Gasteiger partial charge in [0.25, 0.3) is 0 Å². The highest BCUT2D eigenvalue weighted by atomic mass is 32.1. The SMILES string of the molecule is Cc1nc(NC2CN(C(C)C)CC2C)c2c(C)csc2n1. The third-order valence-corrected chi connectivity index (χ3v) is 5.41. The standard InChI is InChI=1S/C16H24N4S/c1-9(2)20-6-10(3)13(7-20)19-15-14-11(4)8-21-16(14)18-12(5)17-15/h8-10,13H,6-7H2,1-5H3,(H,17,18,19). The zero-order valence-corrected chi connectivity index (χ0v) is 14.3. The van der Waals surface area contributed by atoms with Crippen molar-refractivity contribution in [3.05, 3.63) is 16.8 Å². The molecule has 0 radical (unpaired) electrons. The maximum Gasteiger partial charge on any atom is 0.139 e. The fourth-order valence-electron chi connectivity index (χ4n) is 3.08. The van der Waals surface area contributed by atoms with Gasteiger partial charge in [0, 0.05) is 25.2 Å². The van der Waals surface area contributed by atoms with Gasteiger partial charge in [0.05, 0.1) is 5.39 Å². The van der Waals surface area contributed by atoms with E-state index in [1.54, 1.807) is 11.3 Å². The van der Waals surface area contributed by atoms with Crippen molar-refractivity contribution >= 4 is 27.4 Å². The molecule has 3 heterocycles. The number of hydrogen-bond donors (Lipinski definition) is 1. The molecule has 1 aliphatic heterocycles. The second-order valence-electron chi connectivity index (χ2n) is 6.49. The van der Waals surface area contributed by atoms with Crippen LogP contribution in [0.25, 0.3) is 10.2 Å². The molecule has 114 valence electrons. The van der Waals surface area contributed by atoms with Crippen LogP contribution < -0.4 is 5.32 Å². The van der Waals surface area contributed by atoms with Crippen molar-refractivity contribution in [2.45, 2.75) is 46.7 Å². The van der Waals surface area contributed by atoms with Crippen molar-refractivity contribution in [3.8, 4) is 0 Å². The molecular formula is C16H24N4S. The lowest BCUT2D eigenvalue weighted by Gasteiger charge is -2.21. The number of nitrogens with zero attached hydrogens (tertiary/aromatic N) is 3. The number of hydrogen-bond acceptors (Lipinski definition) is 5. The third-order valence-electron chi connectivity index (χ3n) is 4.42. The van der Waals surface area contributed by atoms with Crippen molar-refractivity contribution < 1.29 is 0 Å². The number of nitrogens with one attached hydrogen (secondary N) is 1. The van der Waals surface area contributed by atoms with Crippen LogP contribution in [0.4, 0.5) is 5.82 Å². The maximum absolute atomic E-state index is 4.67. The molecule has 2 aromatic heterocycles. The Labute approximate surface area is 130 Å². The number of aryl methyl sites for hydroxylation is 2. The van der Waals surface area contributed by atoms with Gasteiger partial charge >= 0.3 is 0 Å². The zero-order valence-electron chi connectivity index (χ0n) is 13.5. The van der Waals surface area contributed by atoms with Crippen LogP contribution in [-0.4, -0.2) is 40.0 Å². The highest BCUT2D eigenvalue weighted by molar-refractivity contribution is 7.17. The van der Waals surface area contributed by atoms with Crippen LogP contribution in [0.2, 0.25) is 0 Å². The summed E-state index contributed by atoms with van der Waals surface area (Å²) < 4.78 is 0. The van der Waals surface area contributed by atoms with E-state index in [0.717, 1.165) is 29.6 Å². The molecule has 2 unspecified atom stereocenters. The molecule has 0 aliphatic carbocycles. The van der Waals surface area contributed by atoms with Crippen molar-refractivity contribution in [1.29, 1.82) is 0 Å². The van der Waals surface area contributed by atoms with Gasteiger partial charge in [-0.1, -0.05) is 6.92 Å². The molecule has 2 atom stereocenters. The summed E-state index contributed by atoms with van der Waals surface area (Å²) in [5.41, 5.74) is 1.27. The van der Waals surface area contributed by atoms with Crippen LogP contribution in [0.3, 0.4) is 0 Å². The molecule has 0 saturated carbocycles. The van der Waals surface area contributed by atoms with E-state index < -0.39 is 0 Å². The first-order chi connectivity index (χ1) is 9.95. The Balaban J connectivity index is 1.90. The van der Waals surface area contributed by atoms with Gasteiger partial charge < -0.3 is 5.32 Å². The Bertz CT molecular complexity index is 649. The topological polar surface area (TPSA) is 41.1 Å². The molecule has 4 nitrogen and oxygen atoms in total. The maximum atomic E-state index is 4.67. The lowest BCUT2D eigenvalue weighted by Crippen LogP contribution is -2.31. The minimum atomic E-state index is 0.462. The van der Waals surface area contributed by atoms with Crippen LogP contribution in [0.5, 0.6) is 0 Å². The van der Waals surface area contributed by atoms with Gasteiger partial charge in [-0.2, -0.15) is 0 Å². The van der Waals surface area contributed by atoms with Gasteiger partial charge in [-0.3, -0.25) is 4.90 Å². The van der Waals surface area contributed by atoms with Gasteiger partial charge in [-0.25, -0.2) is 9.97 Å². The summed E-state index contributed by atoms with van der Waals surface area (Å²) in [6.45, 7) is 13.2. The molecule has 5 heteroatoms. The quantitative estimate of drug-likeness (QED) is 0.943. The Morgan fingerprint density at radius 2 is 2.05 bits per heavy atom. The second kappa shape index (κ2) is 5.54. The van der Waals surface area contributed by atoms with Crippen LogP contribution in [0.15, 0.2) is 5.38 Å². The molecule has 0 amide bonds. The van der Waals surface area contributed by atoms with Crippen LogP contribution in [0, 0.1) is 19.8 Å². The van der Waals surface area contributed by atoms with Gasteiger partial charge in [0.1, 0.15) is 16.5 Å². The summed E-state index contributed by atoms with van der Waals surface area (Å²) in [5.74, 6) is 2.49. The van der Waals surface area contributed by atoms with E-state index in [2.05, 4.69) is 53.3 Å². The fourth-order valence-corrected chi connectivity index (χ4v) is 4.05. The Kier molecular flexibility index (Phi) is 3.88. The van der Waals surface area contributed by atoms with Crippen molar-refractivity contribution in [1.82, 2.24) is 14.9 Å². The largest absolute Gasteiger partial charge is 0.365 e. The third kappa shape index (κ3) is 2.77. The summed E-state index contributed by atoms with van der Waals surface area (Å²) in [6.07, 6.45) is 0. The first-order valence-electron chi connectivity index (χ1n) is 7.68. The zero-order chi connectivity index (χ0) is 15.1. The molecule has 0 aromatic carbocycles. The predicted molar refractivity (Wildman–Crippen MR) is 90.2 cm³/mol. The Morgan fingerprint density at radius 3 is 2.71 bits per heavy atom. The molecule has 0 bridgehead atoms. The number of thiophene rings is 1. The van der Waals surface area contributed by atoms with Crippen LogP contribution in [0.1, 0.15) is 32.2 Å². The molecular weight excluding hydrogens is 280 g/mol. The summed E-state index contributed by atoms with van der Waals surface area (Å²) in [7, 11) is 0. The molecule has 21 heavy (non-hydrogen) atoms. The predicted octanol–water partition coefficient (Wildman–Crippen LogP) is 3.45. The fraction of sp³-hybridized carbons (Fsp3) is 0.625. The van der Waals surface area contributed by atoms with E-state index >= 15 is 0 Å². The lowest BCUT2D eigenvalue weighted by molar-refractivity contribution is 0.267. The molecule has 3 rings (SSSR count).